The molecule has 2 N–H and O–H groups in total. The van der Waals surface area contributed by atoms with Crippen LogP contribution in [0.1, 0.15) is 12.0 Å². The summed E-state index contributed by atoms with van der Waals surface area (Å²) in [7, 11) is 1.68. The van der Waals surface area contributed by atoms with Crippen molar-refractivity contribution >= 4 is 17.8 Å². The van der Waals surface area contributed by atoms with E-state index in [-0.39, 0.29) is 5.92 Å². The second kappa shape index (κ2) is 13.2. The largest absolute Gasteiger partial charge is 0.490 e. The number of carbonyl (C=O) groups is 3. The van der Waals surface area contributed by atoms with Crippen molar-refractivity contribution < 1.29 is 55.7 Å². The number of piperidine rings is 1. The third-order valence-corrected chi connectivity index (χ3v) is 5.09. The topological polar surface area (TPSA) is 120 Å². The molecule has 0 spiro atoms. The molecule has 9 nitrogen and oxygen atoms in total. The number of carboxylic acid groups (broad SMARTS) is 2. The summed E-state index contributed by atoms with van der Waals surface area (Å²) >= 11 is 0. The molecule has 1 amide bonds. The molecule has 2 fully saturated rings. The Bertz CT molecular complexity index is 813. The summed E-state index contributed by atoms with van der Waals surface area (Å²) in [6.07, 6.45) is -5.34. The maximum atomic E-state index is 12.5. The molecule has 3 rings (SSSR count). The average Bonchev–Trinajstić information content (AvgIpc) is 3.17. The van der Waals surface area contributed by atoms with Gasteiger partial charge in [-0.05, 0) is 24.0 Å². The van der Waals surface area contributed by atoms with Crippen LogP contribution in [0.5, 0.6) is 0 Å². The third-order valence-electron chi connectivity index (χ3n) is 5.09. The molecule has 198 valence electrons. The van der Waals surface area contributed by atoms with Crippen LogP contribution in [-0.4, -0.2) is 95.1 Å². The van der Waals surface area contributed by atoms with Gasteiger partial charge in [-0.1, -0.05) is 6.07 Å². The number of methoxy groups -OCH3 is 1. The molecule has 15 heteroatoms. The number of pyridine rings is 1. The van der Waals surface area contributed by atoms with Crippen LogP contribution in [-0.2, 0) is 25.7 Å². The fraction of sp³-hybridized carbons (Fsp3) is 0.600. The highest BCUT2D eigenvalue weighted by Crippen LogP contribution is 2.32. The molecule has 35 heavy (non-hydrogen) atoms. The van der Waals surface area contributed by atoms with E-state index in [0.717, 1.165) is 39.1 Å². The second-order valence-corrected chi connectivity index (χ2v) is 7.63. The van der Waals surface area contributed by atoms with Crippen LogP contribution in [0.25, 0.3) is 0 Å². The van der Waals surface area contributed by atoms with Crippen LogP contribution in [0.3, 0.4) is 0 Å². The maximum absolute atomic E-state index is 12.5. The minimum Gasteiger partial charge on any atom is -0.475 e. The molecule has 1 aromatic rings. The van der Waals surface area contributed by atoms with Gasteiger partial charge in [0.15, 0.2) is 0 Å². The zero-order chi connectivity index (χ0) is 26.8. The Morgan fingerprint density at radius 1 is 1.11 bits per heavy atom. The Kier molecular flexibility index (Phi) is 11.4. The Morgan fingerprint density at radius 3 is 2.14 bits per heavy atom. The number of hydrogen-bond acceptors (Lipinski definition) is 6. The number of amides is 1. The molecule has 0 aromatic carbocycles. The minimum atomic E-state index is -5.08. The number of hydrogen-bond donors (Lipinski definition) is 2. The molecule has 2 aliphatic heterocycles. The fourth-order valence-corrected chi connectivity index (χ4v) is 3.50. The molecule has 0 bridgehead atoms. The van der Waals surface area contributed by atoms with Crippen LogP contribution in [0, 0.1) is 11.8 Å². The quantitative estimate of drug-likeness (QED) is 0.571. The monoisotopic (exact) mass is 517 g/mol. The summed E-state index contributed by atoms with van der Waals surface area (Å²) in [6.45, 7) is 5.03. The molecular weight excluding hydrogens is 492 g/mol. The first kappa shape index (κ1) is 30.1. The number of fused-ring (bicyclic) bond motifs is 1. The van der Waals surface area contributed by atoms with E-state index in [4.69, 9.17) is 24.5 Å². The van der Waals surface area contributed by atoms with E-state index in [9.17, 15) is 31.1 Å². The zero-order valence-corrected chi connectivity index (χ0v) is 18.6. The highest BCUT2D eigenvalue weighted by molar-refractivity contribution is 5.80. The van der Waals surface area contributed by atoms with Gasteiger partial charge in [0.05, 0.1) is 12.5 Å². The summed E-state index contributed by atoms with van der Waals surface area (Å²) in [4.78, 5) is 38.9. The number of rotatable bonds is 5. The maximum Gasteiger partial charge on any atom is 0.490 e. The number of aliphatic carboxylic acids is 2. The van der Waals surface area contributed by atoms with E-state index in [1.54, 1.807) is 13.3 Å². The Labute approximate surface area is 196 Å². The van der Waals surface area contributed by atoms with E-state index in [1.165, 1.54) is 5.56 Å². The predicted octanol–water partition coefficient (Wildman–Crippen LogP) is 2.27. The zero-order valence-electron chi connectivity index (χ0n) is 18.6. The fourth-order valence-electron chi connectivity index (χ4n) is 3.50. The number of halogens is 6. The van der Waals surface area contributed by atoms with Crippen molar-refractivity contribution in [3.8, 4) is 0 Å². The lowest BCUT2D eigenvalue weighted by molar-refractivity contribution is -0.193. The number of nitrogens with zero attached hydrogens (tertiary/aromatic N) is 3. The first-order chi connectivity index (χ1) is 16.2. The van der Waals surface area contributed by atoms with E-state index < -0.39 is 24.3 Å². The van der Waals surface area contributed by atoms with Crippen molar-refractivity contribution in [1.82, 2.24) is 14.8 Å². The standard InChI is InChI=1S/C16H23N3O2.2C2HF3O2/c1-21-8-7-19-6-4-14-11-18(12-15(14)16(19)20)10-13-3-2-5-17-9-13;2*3-2(4,5)1(6)7/h2-3,5,9,14-15H,4,6-8,10-12H2,1H3;2*(H,6,7)/t14-,15-;;/m0../s1. The number of ether oxygens (including phenoxy) is 1. The van der Waals surface area contributed by atoms with Crippen LogP contribution < -0.4 is 0 Å². The number of aromatic nitrogens is 1. The molecule has 2 atom stereocenters. The van der Waals surface area contributed by atoms with Crippen LogP contribution >= 0.6 is 0 Å². The molecule has 0 unspecified atom stereocenters. The van der Waals surface area contributed by atoms with Gasteiger partial charge in [0.1, 0.15) is 0 Å². The second-order valence-electron chi connectivity index (χ2n) is 7.63. The van der Waals surface area contributed by atoms with Gasteiger partial charge in [-0.15, -0.1) is 0 Å². The highest BCUT2D eigenvalue weighted by Gasteiger charge is 2.42. The van der Waals surface area contributed by atoms with Gasteiger partial charge in [0.25, 0.3) is 0 Å². The summed E-state index contributed by atoms with van der Waals surface area (Å²) in [5.74, 6) is -4.50. The number of alkyl halides is 6. The molecule has 0 radical (unpaired) electrons. The molecule has 0 saturated carbocycles. The smallest absolute Gasteiger partial charge is 0.475 e. The van der Waals surface area contributed by atoms with Gasteiger partial charge in [-0.2, -0.15) is 26.3 Å². The average molecular weight is 517 g/mol. The number of likely N-dealkylation sites (tertiary alicyclic amines) is 2. The predicted molar refractivity (Wildman–Crippen MR) is 107 cm³/mol. The van der Waals surface area contributed by atoms with Gasteiger partial charge in [0, 0.05) is 52.2 Å². The molecule has 2 aliphatic rings. The Hall–Kier alpha value is -2.94. The van der Waals surface area contributed by atoms with Crippen molar-refractivity contribution in [2.75, 3.05) is 39.9 Å². The molecule has 2 saturated heterocycles. The summed E-state index contributed by atoms with van der Waals surface area (Å²) < 4.78 is 68.6. The minimum absolute atomic E-state index is 0.173. The van der Waals surface area contributed by atoms with Gasteiger partial charge >= 0.3 is 24.3 Å². The molecule has 0 aliphatic carbocycles. The van der Waals surface area contributed by atoms with Crippen molar-refractivity contribution in [1.29, 1.82) is 0 Å². The Morgan fingerprint density at radius 2 is 1.69 bits per heavy atom. The lowest BCUT2D eigenvalue weighted by Gasteiger charge is -2.33. The lowest BCUT2D eigenvalue weighted by atomic mass is 9.88. The number of carbonyl (C=O) groups excluding carboxylic acids is 1. The first-order valence-electron chi connectivity index (χ1n) is 10.2. The highest BCUT2D eigenvalue weighted by atomic mass is 19.4. The normalized spacial score (nSPS) is 20.2. The molecule has 1 aromatic heterocycles. The van der Waals surface area contributed by atoms with E-state index in [1.807, 2.05) is 17.2 Å². The third kappa shape index (κ3) is 10.5. The van der Waals surface area contributed by atoms with Crippen LogP contribution in [0.15, 0.2) is 24.5 Å². The van der Waals surface area contributed by atoms with Crippen molar-refractivity contribution in [2.45, 2.75) is 25.3 Å². The van der Waals surface area contributed by atoms with E-state index in [2.05, 4.69) is 16.0 Å². The van der Waals surface area contributed by atoms with Gasteiger partial charge in [-0.3, -0.25) is 14.7 Å². The number of carboxylic acids is 2. The molecule has 3 heterocycles. The van der Waals surface area contributed by atoms with E-state index >= 15 is 0 Å². The van der Waals surface area contributed by atoms with Crippen LogP contribution in [0.2, 0.25) is 0 Å². The SMILES string of the molecule is COCCN1CC[C@H]2CN(Cc3cccnc3)C[C@@H]2C1=O.O=C(O)C(F)(F)F.O=C(O)C(F)(F)F. The van der Waals surface area contributed by atoms with Gasteiger partial charge in [-0.25, -0.2) is 9.59 Å². The van der Waals surface area contributed by atoms with Gasteiger partial charge < -0.3 is 19.8 Å². The molecular formula is C20H25F6N3O6. The first-order valence-corrected chi connectivity index (χ1v) is 10.2. The van der Waals surface area contributed by atoms with E-state index in [0.29, 0.717) is 18.4 Å². The van der Waals surface area contributed by atoms with Crippen molar-refractivity contribution in [2.24, 2.45) is 11.8 Å². The lowest BCUT2D eigenvalue weighted by Crippen LogP contribution is -2.46. The summed E-state index contributed by atoms with van der Waals surface area (Å²) in [5.41, 5.74) is 1.22. The summed E-state index contributed by atoms with van der Waals surface area (Å²) in [5, 5.41) is 14.2. The Balaban J connectivity index is 0.000000362. The van der Waals surface area contributed by atoms with Crippen LogP contribution in [0.4, 0.5) is 26.3 Å². The van der Waals surface area contributed by atoms with Gasteiger partial charge in [0.2, 0.25) is 5.91 Å². The van der Waals surface area contributed by atoms with Crippen molar-refractivity contribution in [3.05, 3.63) is 30.1 Å². The van der Waals surface area contributed by atoms with Crippen molar-refractivity contribution in [3.63, 3.8) is 0 Å². The summed E-state index contributed by atoms with van der Waals surface area (Å²) in [6, 6.07) is 4.07.